The van der Waals surface area contributed by atoms with Crippen molar-refractivity contribution in [2.24, 2.45) is 5.92 Å². The molecule has 0 aliphatic rings. The number of hydrogen-bond donors (Lipinski definition) is 1. The van der Waals surface area contributed by atoms with Crippen LogP contribution >= 0.6 is 39.1 Å². The van der Waals surface area contributed by atoms with E-state index in [1.165, 1.54) is 0 Å². The maximum absolute atomic E-state index is 13.7. The van der Waals surface area contributed by atoms with Crippen LogP contribution in [0.2, 0.25) is 10.0 Å². The van der Waals surface area contributed by atoms with Crippen molar-refractivity contribution in [3.63, 3.8) is 0 Å². The van der Waals surface area contributed by atoms with Crippen molar-refractivity contribution in [1.82, 2.24) is 10.2 Å². The van der Waals surface area contributed by atoms with Crippen molar-refractivity contribution < 1.29 is 9.59 Å². The molecular weight excluding hydrogens is 547 g/mol. The summed E-state index contributed by atoms with van der Waals surface area (Å²) in [6.45, 7) is 4.92. The zero-order valence-electron chi connectivity index (χ0n) is 19.8. The Morgan fingerprint density at radius 3 is 2.26 bits per heavy atom. The Balaban J connectivity index is 1.96. The molecule has 0 saturated carbocycles. The van der Waals surface area contributed by atoms with Gasteiger partial charge in [0, 0.05) is 24.0 Å². The standard InChI is InChI=1S/C28H29BrCl2N2O2/c1-19(2)17-32-28(35)26(15-20-7-4-3-5-8-20)33(18-22-9-6-10-23(29)13-22)27(34)16-21-11-12-24(30)25(31)14-21/h3-14,19,26H,15-18H2,1-2H3,(H,32,35)/t26-/m1/s1. The minimum atomic E-state index is -0.676. The van der Waals surface area contributed by atoms with E-state index in [-0.39, 0.29) is 18.2 Å². The lowest BCUT2D eigenvalue weighted by atomic mass is 10.0. The third-order valence-electron chi connectivity index (χ3n) is 5.54. The first-order valence-electron chi connectivity index (χ1n) is 11.5. The molecule has 0 unspecified atom stereocenters. The van der Waals surface area contributed by atoms with E-state index < -0.39 is 6.04 Å². The molecule has 0 aliphatic carbocycles. The van der Waals surface area contributed by atoms with Gasteiger partial charge in [-0.2, -0.15) is 0 Å². The van der Waals surface area contributed by atoms with Gasteiger partial charge < -0.3 is 10.2 Å². The second kappa shape index (κ2) is 13.1. The third-order valence-corrected chi connectivity index (χ3v) is 6.77. The first-order chi connectivity index (χ1) is 16.7. The van der Waals surface area contributed by atoms with Crippen molar-refractivity contribution in [3.05, 3.63) is 104 Å². The van der Waals surface area contributed by atoms with E-state index in [1.54, 1.807) is 23.1 Å². The number of rotatable bonds is 10. The van der Waals surface area contributed by atoms with Gasteiger partial charge in [0.2, 0.25) is 11.8 Å². The zero-order chi connectivity index (χ0) is 25.4. The van der Waals surface area contributed by atoms with Gasteiger partial charge in [0.05, 0.1) is 16.5 Å². The molecule has 1 atom stereocenters. The van der Waals surface area contributed by atoms with Gasteiger partial charge in [-0.05, 0) is 46.9 Å². The van der Waals surface area contributed by atoms with Crippen LogP contribution in [0.25, 0.3) is 0 Å². The van der Waals surface area contributed by atoms with Gasteiger partial charge >= 0.3 is 0 Å². The van der Waals surface area contributed by atoms with Crippen LogP contribution < -0.4 is 5.32 Å². The van der Waals surface area contributed by atoms with Crippen LogP contribution in [0.3, 0.4) is 0 Å². The van der Waals surface area contributed by atoms with Gasteiger partial charge in [-0.1, -0.05) is 102 Å². The normalized spacial score (nSPS) is 11.8. The van der Waals surface area contributed by atoms with Gasteiger partial charge in [-0.25, -0.2) is 0 Å². The van der Waals surface area contributed by atoms with E-state index >= 15 is 0 Å². The molecular formula is C28H29BrCl2N2O2. The minimum absolute atomic E-state index is 0.105. The molecule has 0 fully saturated rings. The molecule has 7 heteroatoms. The predicted octanol–water partition coefficient (Wildman–Crippen LogP) is 6.71. The number of halogens is 3. The Labute approximate surface area is 225 Å². The smallest absolute Gasteiger partial charge is 0.243 e. The quantitative estimate of drug-likeness (QED) is 0.292. The molecule has 0 aliphatic heterocycles. The molecule has 3 aromatic rings. The lowest BCUT2D eigenvalue weighted by Gasteiger charge is -2.32. The molecule has 35 heavy (non-hydrogen) atoms. The molecule has 0 bridgehead atoms. The number of carbonyl (C=O) groups excluding carboxylic acids is 2. The van der Waals surface area contributed by atoms with Crippen LogP contribution in [0.15, 0.2) is 77.3 Å². The maximum Gasteiger partial charge on any atom is 0.243 e. The summed E-state index contributed by atoms with van der Waals surface area (Å²) in [5.41, 5.74) is 2.65. The van der Waals surface area contributed by atoms with Gasteiger partial charge in [0.25, 0.3) is 0 Å². The van der Waals surface area contributed by atoms with E-state index in [0.717, 1.165) is 21.2 Å². The first-order valence-corrected chi connectivity index (χ1v) is 13.1. The lowest BCUT2D eigenvalue weighted by Crippen LogP contribution is -2.51. The summed E-state index contributed by atoms with van der Waals surface area (Å²) in [4.78, 5) is 28.9. The summed E-state index contributed by atoms with van der Waals surface area (Å²) < 4.78 is 0.913. The lowest BCUT2D eigenvalue weighted by molar-refractivity contribution is -0.140. The fraction of sp³-hybridized carbons (Fsp3) is 0.286. The largest absolute Gasteiger partial charge is 0.354 e. The maximum atomic E-state index is 13.7. The Morgan fingerprint density at radius 1 is 0.886 bits per heavy atom. The molecule has 1 N–H and O–H groups in total. The van der Waals surface area contributed by atoms with Crippen LogP contribution in [0.1, 0.15) is 30.5 Å². The molecule has 4 nitrogen and oxygen atoms in total. The second-order valence-electron chi connectivity index (χ2n) is 8.92. The fourth-order valence-electron chi connectivity index (χ4n) is 3.73. The summed E-state index contributed by atoms with van der Waals surface area (Å²) in [5, 5.41) is 3.86. The van der Waals surface area contributed by atoms with Gasteiger partial charge in [-0.15, -0.1) is 0 Å². The number of hydrogen-bond acceptors (Lipinski definition) is 2. The molecule has 0 spiro atoms. The molecule has 2 amide bonds. The average molecular weight is 576 g/mol. The number of nitrogens with one attached hydrogen (secondary N) is 1. The Kier molecular flexibility index (Phi) is 10.2. The molecule has 3 aromatic carbocycles. The van der Waals surface area contributed by atoms with E-state index in [0.29, 0.717) is 35.5 Å². The van der Waals surface area contributed by atoms with E-state index in [4.69, 9.17) is 23.2 Å². The second-order valence-corrected chi connectivity index (χ2v) is 10.7. The summed E-state index contributed by atoms with van der Waals surface area (Å²) in [6.07, 6.45) is 0.513. The highest BCUT2D eigenvalue weighted by Crippen LogP contribution is 2.24. The van der Waals surface area contributed by atoms with Crippen LogP contribution in [-0.2, 0) is 29.0 Å². The molecule has 0 saturated heterocycles. The van der Waals surface area contributed by atoms with Crippen LogP contribution in [0.5, 0.6) is 0 Å². The Bertz CT molecular complexity index is 1150. The van der Waals surface area contributed by atoms with Gasteiger partial charge in [-0.3, -0.25) is 9.59 Å². The van der Waals surface area contributed by atoms with Crippen LogP contribution in [0.4, 0.5) is 0 Å². The van der Waals surface area contributed by atoms with Gasteiger partial charge in [0.15, 0.2) is 0 Å². The summed E-state index contributed by atoms with van der Waals surface area (Å²) in [6, 6.07) is 22.0. The zero-order valence-corrected chi connectivity index (χ0v) is 22.9. The predicted molar refractivity (Wildman–Crippen MR) is 147 cm³/mol. The average Bonchev–Trinajstić information content (AvgIpc) is 2.82. The number of nitrogens with zero attached hydrogens (tertiary/aromatic N) is 1. The highest BCUT2D eigenvalue weighted by Gasteiger charge is 2.30. The third kappa shape index (κ3) is 8.38. The molecule has 0 radical (unpaired) electrons. The minimum Gasteiger partial charge on any atom is -0.354 e. The topological polar surface area (TPSA) is 49.4 Å². The highest BCUT2D eigenvalue weighted by molar-refractivity contribution is 9.10. The summed E-state index contributed by atoms with van der Waals surface area (Å²) >= 11 is 15.8. The Morgan fingerprint density at radius 2 is 1.60 bits per heavy atom. The summed E-state index contributed by atoms with van der Waals surface area (Å²) in [5.74, 6) is -0.0363. The summed E-state index contributed by atoms with van der Waals surface area (Å²) in [7, 11) is 0. The van der Waals surface area contributed by atoms with Crippen LogP contribution in [-0.4, -0.2) is 29.3 Å². The monoisotopic (exact) mass is 574 g/mol. The van der Waals surface area contributed by atoms with Crippen molar-refractivity contribution in [2.75, 3.05) is 6.54 Å². The molecule has 0 heterocycles. The Hall–Kier alpha value is -2.34. The van der Waals surface area contributed by atoms with Crippen LogP contribution in [0, 0.1) is 5.92 Å². The highest BCUT2D eigenvalue weighted by atomic mass is 79.9. The molecule has 3 rings (SSSR count). The number of carbonyl (C=O) groups is 2. The number of amides is 2. The molecule has 184 valence electrons. The number of benzene rings is 3. The van der Waals surface area contributed by atoms with Crippen molar-refractivity contribution >= 4 is 50.9 Å². The van der Waals surface area contributed by atoms with Crippen molar-refractivity contribution in [2.45, 2.75) is 39.3 Å². The van der Waals surface area contributed by atoms with E-state index in [9.17, 15) is 9.59 Å². The van der Waals surface area contributed by atoms with Crippen molar-refractivity contribution in [3.8, 4) is 0 Å². The first kappa shape index (κ1) is 27.3. The van der Waals surface area contributed by atoms with E-state index in [2.05, 4.69) is 21.2 Å². The van der Waals surface area contributed by atoms with Gasteiger partial charge in [0.1, 0.15) is 6.04 Å². The van der Waals surface area contributed by atoms with E-state index in [1.807, 2.05) is 68.4 Å². The van der Waals surface area contributed by atoms with Crippen molar-refractivity contribution in [1.29, 1.82) is 0 Å². The molecule has 0 aromatic heterocycles. The fourth-order valence-corrected chi connectivity index (χ4v) is 4.50. The SMILES string of the molecule is CC(C)CNC(=O)[C@@H](Cc1ccccc1)N(Cc1cccc(Br)c1)C(=O)Cc1ccc(Cl)c(Cl)c1.